The number of fused-ring (bicyclic) bond motifs is 2. The molecule has 0 bridgehead atoms. The van der Waals surface area contributed by atoms with Gasteiger partial charge in [0.15, 0.2) is 10.7 Å². The van der Waals surface area contributed by atoms with Gasteiger partial charge in [-0.2, -0.15) is 0 Å². The molecule has 0 N–H and O–H groups in total. The summed E-state index contributed by atoms with van der Waals surface area (Å²) in [6.45, 7) is 11.3. The maximum absolute atomic E-state index is 12.3. The summed E-state index contributed by atoms with van der Waals surface area (Å²) in [5, 5.41) is 2.00. The van der Waals surface area contributed by atoms with Crippen molar-refractivity contribution in [2.45, 2.75) is 63.7 Å². The lowest BCUT2D eigenvalue weighted by atomic mass is 9.61. The molecule has 3 aliphatic carbocycles. The fraction of sp³-hybridized carbons (Fsp3) is 0.462. The van der Waals surface area contributed by atoms with Crippen LogP contribution in [0.3, 0.4) is 0 Å². The minimum atomic E-state index is -2.61. The lowest BCUT2D eigenvalue weighted by molar-refractivity contribution is 0.291. The summed E-state index contributed by atoms with van der Waals surface area (Å²) in [7, 11) is -2.61. The fourth-order valence-corrected chi connectivity index (χ4v) is 6.30. The van der Waals surface area contributed by atoms with Crippen LogP contribution in [-0.2, 0) is 23.5 Å². The zero-order valence-corrected chi connectivity index (χ0v) is 18.5. The van der Waals surface area contributed by atoms with Crippen LogP contribution in [-0.4, -0.2) is 8.42 Å². The maximum atomic E-state index is 12.3. The first-order valence-electron chi connectivity index (χ1n) is 10.9. The molecule has 0 amide bonds. The molecule has 1 fully saturated rings. The molecule has 152 valence electrons. The van der Waals surface area contributed by atoms with Crippen molar-refractivity contribution in [2.24, 2.45) is 17.3 Å². The first kappa shape index (κ1) is 19.1. The van der Waals surface area contributed by atoms with Gasteiger partial charge in [0.25, 0.3) is 0 Å². The second-order valence-electron chi connectivity index (χ2n) is 10.0. The van der Waals surface area contributed by atoms with Gasteiger partial charge in [-0.3, -0.25) is 0 Å². The van der Waals surface area contributed by atoms with Crippen LogP contribution in [0.5, 0.6) is 0 Å². The molecule has 3 heteroatoms. The molecular formula is C26H30O2S. The number of hydrogen-bond acceptors (Lipinski definition) is 2. The Balaban J connectivity index is 1.47. The molecule has 2 aromatic rings. The molecule has 0 aliphatic heterocycles. The van der Waals surface area contributed by atoms with Crippen molar-refractivity contribution in [3.05, 3.63) is 64.8 Å². The Morgan fingerprint density at radius 1 is 1.17 bits per heavy atom. The van der Waals surface area contributed by atoms with E-state index in [0.717, 1.165) is 35.6 Å². The van der Waals surface area contributed by atoms with E-state index in [-0.39, 0.29) is 5.41 Å². The summed E-state index contributed by atoms with van der Waals surface area (Å²) in [4.78, 5) is 0.583. The highest BCUT2D eigenvalue weighted by molar-refractivity contribution is 7.72. The molecule has 2 nitrogen and oxygen atoms in total. The Bertz CT molecular complexity index is 1140. The monoisotopic (exact) mass is 406 g/mol. The predicted molar refractivity (Wildman–Crippen MR) is 120 cm³/mol. The largest absolute Gasteiger partial charge is 0.227 e. The van der Waals surface area contributed by atoms with E-state index in [1.54, 1.807) is 0 Å². The minimum Gasteiger partial charge on any atom is -0.227 e. The third kappa shape index (κ3) is 3.09. The van der Waals surface area contributed by atoms with Gasteiger partial charge in [0, 0.05) is 5.39 Å². The van der Waals surface area contributed by atoms with Crippen LogP contribution in [0.25, 0.3) is 10.8 Å². The van der Waals surface area contributed by atoms with Gasteiger partial charge in [0.05, 0.1) is 4.90 Å². The summed E-state index contributed by atoms with van der Waals surface area (Å²) in [6, 6.07) is 8.69. The third-order valence-corrected chi connectivity index (χ3v) is 8.61. The highest BCUT2D eigenvalue weighted by Crippen LogP contribution is 2.50. The lowest BCUT2D eigenvalue weighted by Gasteiger charge is -2.43. The minimum absolute atomic E-state index is 0.208. The number of benzene rings is 2. The van der Waals surface area contributed by atoms with Crippen LogP contribution in [0.15, 0.2) is 53.0 Å². The van der Waals surface area contributed by atoms with E-state index in [1.165, 1.54) is 35.1 Å². The van der Waals surface area contributed by atoms with Gasteiger partial charge in [-0.15, -0.1) is 0 Å². The first-order valence-corrected chi connectivity index (χ1v) is 12.1. The van der Waals surface area contributed by atoms with Crippen molar-refractivity contribution in [2.75, 3.05) is 0 Å². The Labute approximate surface area is 175 Å². The topological polar surface area (TPSA) is 34.1 Å². The summed E-state index contributed by atoms with van der Waals surface area (Å²) in [5.41, 5.74) is 6.43. The fourth-order valence-electron chi connectivity index (χ4n) is 5.45. The molecule has 1 saturated carbocycles. The standard InChI is InChI=1S/C26H30O2S/c1-15(24-10-16(2)26(24,3)4)9-17-11-21-13-20-8-7-19(18-5-6-18)14-23(20)25(29(27)28)22(21)12-17/h7-8,10,13-14,16-18,29H,1,5-6,9,11-12H2,2-4H3. The molecule has 0 spiro atoms. The highest BCUT2D eigenvalue weighted by atomic mass is 32.2. The number of allylic oxidation sites excluding steroid dienone is 3. The zero-order chi connectivity index (χ0) is 20.5. The van der Waals surface area contributed by atoms with Gasteiger partial charge in [-0.25, -0.2) is 8.42 Å². The van der Waals surface area contributed by atoms with Crippen molar-refractivity contribution in [1.82, 2.24) is 0 Å². The molecule has 29 heavy (non-hydrogen) atoms. The van der Waals surface area contributed by atoms with E-state index in [0.29, 0.717) is 22.6 Å². The average Bonchev–Trinajstić information content (AvgIpc) is 3.44. The second-order valence-corrected chi connectivity index (χ2v) is 11.0. The molecule has 0 saturated heterocycles. The van der Waals surface area contributed by atoms with Crippen molar-refractivity contribution in [3.8, 4) is 0 Å². The second kappa shape index (κ2) is 6.57. The van der Waals surface area contributed by atoms with E-state index in [2.05, 4.69) is 57.7 Å². The number of thiol groups is 1. The SMILES string of the molecule is C=C(CC1Cc2cc3ccc(C4CC4)cc3c([SH](=O)=O)c2C1)C1=CC(C)C1(C)C. The van der Waals surface area contributed by atoms with Crippen LogP contribution >= 0.6 is 0 Å². The highest BCUT2D eigenvalue weighted by Gasteiger charge is 2.39. The summed E-state index contributed by atoms with van der Waals surface area (Å²) in [5.74, 6) is 1.67. The molecule has 0 aromatic heterocycles. The summed E-state index contributed by atoms with van der Waals surface area (Å²) >= 11 is 0. The molecule has 2 atom stereocenters. The first-order chi connectivity index (χ1) is 13.8. The molecule has 0 radical (unpaired) electrons. The normalized spacial score (nSPS) is 25.0. The molecule has 0 heterocycles. The van der Waals surface area contributed by atoms with Gasteiger partial charge >= 0.3 is 0 Å². The average molecular weight is 407 g/mol. The maximum Gasteiger partial charge on any atom is 0.169 e. The van der Waals surface area contributed by atoms with Crippen LogP contribution in [0.2, 0.25) is 0 Å². The van der Waals surface area contributed by atoms with Gasteiger partial charge in [0.2, 0.25) is 0 Å². The molecule has 3 aliphatic rings. The van der Waals surface area contributed by atoms with Crippen LogP contribution in [0.1, 0.15) is 62.6 Å². The Hall–Kier alpha value is -1.87. The molecule has 5 rings (SSSR count). The molecule has 2 aromatic carbocycles. The smallest absolute Gasteiger partial charge is 0.169 e. The van der Waals surface area contributed by atoms with Crippen LogP contribution < -0.4 is 0 Å². The zero-order valence-electron chi connectivity index (χ0n) is 17.6. The Morgan fingerprint density at radius 2 is 1.93 bits per heavy atom. The quantitative estimate of drug-likeness (QED) is 0.623. The van der Waals surface area contributed by atoms with E-state index >= 15 is 0 Å². The number of hydrogen-bond donors (Lipinski definition) is 1. The lowest BCUT2D eigenvalue weighted by Crippen LogP contribution is -2.33. The van der Waals surface area contributed by atoms with Gasteiger partial charge in [-0.1, -0.05) is 57.2 Å². The van der Waals surface area contributed by atoms with E-state index in [9.17, 15) is 8.42 Å². The van der Waals surface area contributed by atoms with Gasteiger partial charge in [-0.05, 0) is 89.0 Å². The summed E-state index contributed by atoms with van der Waals surface area (Å²) in [6.07, 6.45) is 7.55. The van der Waals surface area contributed by atoms with Crippen molar-refractivity contribution in [1.29, 1.82) is 0 Å². The van der Waals surface area contributed by atoms with Gasteiger partial charge < -0.3 is 0 Å². The third-order valence-electron chi connectivity index (χ3n) is 7.73. The van der Waals surface area contributed by atoms with Gasteiger partial charge in [0.1, 0.15) is 0 Å². The number of rotatable bonds is 5. The molecular weight excluding hydrogens is 376 g/mol. The molecule has 2 unspecified atom stereocenters. The van der Waals surface area contributed by atoms with Crippen molar-refractivity contribution >= 4 is 21.5 Å². The Kier molecular flexibility index (Phi) is 4.33. The van der Waals surface area contributed by atoms with E-state index < -0.39 is 10.7 Å². The van der Waals surface area contributed by atoms with E-state index in [1.807, 2.05) is 0 Å². The van der Waals surface area contributed by atoms with Crippen molar-refractivity contribution < 1.29 is 8.42 Å². The van der Waals surface area contributed by atoms with Crippen molar-refractivity contribution in [3.63, 3.8) is 0 Å². The Morgan fingerprint density at radius 3 is 2.55 bits per heavy atom. The predicted octanol–water partition coefficient (Wildman–Crippen LogP) is 5.95. The van der Waals surface area contributed by atoms with Crippen LogP contribution in [0, 0.1) is 17.3 Å². The summed E-state index contributed by atoms with van der Waals surface area (Å²) < 4.78 is 24.6. The van der Waals surface area contributed by atoms with Crippen LogP contribution in [0.4, 0.5) is 0 Å². The van der Waals surface area contributed by atoms with E-state index in [4.69, 9.17) is 0 Å².